The second kappa shape index (κ2) is 4.60. The van der Waals surface area contributed by atoms with E-state index in [0.29, 0.717) is 11.4 Å². The maximum Gasteiger partial charge on any atom is 0.259 e. The summed E-state index contributed by atoms with van der Waals surface area (Å²) in [7, 11) is 0. The van der Waals surface area contributed by atoms with Gasteiger partial charge in [0.05, 0.1) is 6.20 Å². The lowest BCUT2D eigenvalue weighted by atomic mass is 10.1. The van der Waals surface area contributed by atoms with Gasteiger partial charge in [-0.3, -0.25) is 9.89 Å². The fraction of sp³-hybridized carbons (Fsp3) is 0.636. The molecule has 2 rings (SSSR count). The fourth-order valence-corrected chi connectivity index (χ4v) is 2.96. The Labute approximate surface area is 105 Å². The molecule has 0 saturated carbocycles. The maximum atomic E-state index is 12.2. The Kier molecular flexibility index (Phi) is 3.33. The summed E-state index contributed by atoms with van der Waals surface area (Å²) >= 11 is 1.92. The molecule has 3 N–H and O–H groups in total. The molecule has 1 amide bonds. The summed E-state index contributed by atoms with van der Waals surface area (Å²) in [6.07, 6.45) is 2.50. The maximum absolute atomic E-state index is 12.2. The second-order valence-electron chi connectivity index (χ2n) is 4.85. The first-order valence-corrected chi connectivity index (χ1v) is 6.70. The molecule has 5 nitrogen and oxygen atoms in total. The Morgan fingerprint density at radius 2 is 2.35 bits per heavy atom. The molecule has 0 spiro atoms. The highest BCUT2D eigenvalue weighted by Crippen LogP contribution is 2.31. The second-order valence-corrected chi connectivity index (χ2v) is 6.65. The quantitative estimate of drug-likeness (QED) is 0.793. The van der Waals surface area contributed by atoms with E-state index in [9.17, 15) is 4.79 Å². The first-order valence-electron chi connectivity index (χ1n) is 5.72. The van der Waals surface area contributed by atoms with Crippen molar-refractivity contribution in [3.05, 3.63) is 11.8 Å². The van der Waals surface area contributed by atoms with Crippen molar-refractivity contribution in [2.75, 3.05) is 24.6 Å². The van der Waals surface area contributed by atoms with Gasteiger partial charge in [0.2, 0.25) is 0 Å². The molecule has 1 aromatic rings. The van der Waals surface area contributed by atoms with Crippen LogP contribution in [0.15, 0.2) is 6.20 Å². The lowest BCUT2D eigenvalue weighted by Gasteiger charge is -2.22. The zero-order valence-electron chi connectivity index (χ0n) is 10.2. The number of aromatic amines is 1. The third-order valence-corrected chi connectivity index (χ3v) is 4.40. The largest absolute Gasteiger partial charge is 0.383 e. The molecule has 0 radical (unpaired) electrons. The number of nitrogens with one attached hydrogen (secondary N) is 1. The molecule has 1 fully saturated rings. The number of hydrogen-bond acceptors (Lipinski definition) is 4. The molecule has 94 valence electrons. The average molecular weight is 254 g/mol. The van der Waals surface area contributed by atoms with Gasteiger partial charge in [0.25, 0.3) is 5.91 Å². The zero-order chi connectivity index (χ0) is 12.5. The number of nitrogens with zero attached hydrogens (tertiary/aromatic N) is 2. The van der Waals surface area contributed by atoms with Crippen molar-refractivity contribution in [3.63, 3.8) is 0 Å². The van der Waals surface area contributed by atoms with Crippen molar-refractivity contribution in [1.29, 1.82) is 0 Å². The molecule has 1 aliphatic heterocycles. The van der Waals surface area contributed by atoms with Crippen LogP contribution in [0.1, 0.15) is 30.6 Å². The Bertz CT molecular complexity index is 415. The highest BCUT2D eigenvalue weighted by atomic mass is 32.2. The molecule has 17 heavy (non-hydrogen) atoms. The topological polar surface area (TPSA) is 75.0 Å². The summed E-state index contributed by atoms with van der Waals surface area (Å²) in [5.74, 6) is 1.30. The molecule has 0 atom stereocenters. The van der Waals surface area contributed by atoms with Crippen LogP contribution in [0.5, 0.6) is 0 Å². The number of thioether (sulfide) groups is 1. The van der Waals surface area contributed by atoms with Crippen LogP contribution in [-0.2, 0) is 0 Å². The average Bonchev–Trinajstić information content (AvgIpc) is 2.59. The van der Waals surface area contributed by atoms with Gasteiger partial charge in [-0.1, -0.05) is 13.8 Å². The zero-order valence-corrected chi connectivity index (χ0v) is 11.0. The number of carbonyl (C=O) groups is 1. The molecule has 2 heterocycles. The lowest BCUT2D eigenvalue weighted by Crippen LogP contribution is -2.33. The van der Waals surface area contributed by atoms with Gasteiger partial charge in [-0.2, -0.15) is 16.9 Å². The molecule has 0 bridgehead atoms. The molecule has 1 aromatic heterocycles. The molecule has 0 aliphatic carbocycles. The highest BCUT2D eigenvalue weighted by molar-refractivity contribution is 8.00. The molecule has 1 saturated heterocycles. The molecular weight excluding hydrogens is 236 g/mol. The first kappa shape index (κ1) is 12.3. The van der Waals surface area contributed by atoms with Crippen LogP contribution in [0.3, 0.4) is 0 Å². The standard InChI is InChI=1S/C11H18N4OS/c1-11(2)3-4-15(5-6-17-11)10(16)8-7-13-14-9(8)12/h7H,3-6H2,1-2H3,(H3,12,13,14). The van der Waals surface area contributed by atoms with E-state index in [4.69, 9.17) is 5.73 Å². The summed E-state index contributed by atoms with van der Waals surface area (Å²) in [6.45, 7) is 6.00. The Hall–Kier alpha value is -1.17. The normalized spacial score (nSPS) is 20.0. The van der Waals surface area contributed by atoms with Gasteiger partial charge < -0.3 is 10.6 Å². The molecule has 0 aromatic carbocycles. The van der Waals surface area contributed by atoms with Gasteiger partial charge in [-0.25, -0.2) is 0 Å². The van der Waals surface area contributed by atoms with Crippen molar-refractivity contribution in [3.8, 4) is 0 Å². The van der Waals surface area contributed by atoms with Gasteiger partial charge in [0.1, 0.15) is 11.4 Å². The lowest BCUT2D eigenvalue weighted by molar-refractivity contribution is 0.0765. The summed E-state index contributed by atoms with van der Waals surface area (Å²) in [5.41, 5.74) is 6.15. The minimum absolute atomic E-state index is 0.0189. The van der Waals surface area contributed by atoms with E-state index in [1.165, 1.54) is 6.20 Å². The van der Waals surface area contributed by atoms with E-state index >= 15 is 0 Å². The van der Waals surface area contributed by atoms with Crippen LogP contribution >= 0.6 is 11.8 Å². The predicted molar refractivity (Wildman–Crippen MR) is 70.1 cm³/mol. The Morgan fingerprint density at radius 3 is 3.00 bits per heavy atom. The number of amides is 1. The summed E-state index contributed by atoms with van der Waals surface area (Å²) < 4.78 is 0.247. The van der Waals surface area contributed by atoms with Crippen LogP contribution in [0.2, 0.25) is 0 Å². The number of hydrogen-bond donors (Lipinski definition) is 2. The van der Waals surface area contributed by atoms with Gasteiger partial charge in [0, 0.05) is 23.6 Å². The molecular formula is C11H18N4OS. The van der Waals surface area contributed by atoms with Crippen LogP contribution in [0, 0.1) is 0 Å². The monoisotopic (exact) mass is 254 g/mol. The summed E-state index contributed by atoms with van der Waals surface area (Å²) in [4.78, 5) is 14.1. The SMILES string of the molecule is CC1(C)CCN(C(=O)c2cn[nH]c2N)CCS1. The van der Waals surface area contributed by atoms with Crippen molar-refractivity contribution >= 4 is 23.5 Å². The number of anilines is 1. The Balaban J connectivity index is 2.08. The van der Waals surface area contributed by atoms with E-state index in [2.05, 4.69) is 24.0 Å². The van der Waals surface area contributed by atoms with Gasteiger partial charge in [-0.15, -0.1) is 0 Å². The molecule has 6 heteroatoms. The molecule has 1 aliphatic rings. The van der Waals surface area contributed by atoms with Crippen LogP contribution in [0.4, 0.5) is 5.82 Å². The third-order valence-electron chi connectivity index (χ3n) is 3.02. The van der Waals surface area contributed by atoms with E-state index in [1.54, 1.807) is 0 Å². The number of aromatic nitrogens is 2. The minimum atomic E-state index is -0.0189. The number of H-pyrrole nitrogens is 1. The van der Waals surface area contributed by atoms with E-state index in [1.807, 2.05) is 16.7 Å². The fourth-order valence-electron chi connectivity index (χ4n) is 1.86. The minimum Gasteiger partial charge on any atom is -0.383 e. The van der Waals surface area contributed by atoms with E-state index < -0.39 is 0 Å². The summed E-state index contributed by atoms with van der Waals surface area (Å²) in [5, 5.41) is 6.38. The van der Waals surface area contributed by atoms with Gasteiger partial charge in [0.15, 0.2) is 0 Å². The van der Waals surface area contributed by atoms with Crippen molar-refractivity contribution in [1.82, 2.24) is 15.1 Å². The predicted octanol–water partition coefficient (Wildman–Crippen LogP) is 1.35. The number of carbonyl (C=O) groups excluding carboxylic acids is 1. The third kappa shape index (κ3) is 2.74. The molecule has 0 unspecified atom stereocenters. The van der Waals surface area contributed by atoms with E-state index in [0.717, 1.165) is 25.3 Å². The summed E-state index contributed by atoms with van der Waals surface area (Å²) in [6, 6.07) is 0. The Morgan fingerprint density at radius 1 is 1.59 bits per heavy atom. The number of nitrogen functional groups attached to an aromatic ring is 1. The van der Waals surface area contributed by atoms with Crippen molar-refractivity contribution in [2.45, 2.75) is 25.0 Å². The smallest absolute Gasteiger partial charge is 0.259 e. The van der Waals surface area contributed by atoms with Crippen LogP contribution in [0.25, 0.3) is 0 Å². The van der Waals surface area contributed by atoms with Crippen LogP contribution in [-0.4, -0.2) is 44.6 Å². The number of nitrogens with two attached hydrogens (primary N) is 1. The highest BCUT2D eigenvalue weighted by Gasteiger charge is 2.27. The van der Waals surface area contributed by atoms with Gasteiger partial charge in [-0.05, 0) is 6.42 Å². The number of rotatable bonds is 1. The van der Waals surface area contributed by atoms with Gasteiger partial charge >= 0.3 is 0 Å². The van der Waals surface area contributed by atoms with E-state index in [-0.39, 0.29) is 10.7 Å². The first-order chi connectivity index (χ1) is 7.99. The van der Waals surface area contributed by atoms with Crippen molar-refractivity contribution < 1.29 is 4.79 Å². The van der Waals surface area contributed by atoms with Crippen molar-refractivity contribution in [2.24, 2.45) is 0 Å². The van der Waals surface area contributed by atoms with Crippen LogP contribution < -0.4 is 5.73 Å².